The number of rotatable bonds is 7. The van der Waals surface area contributed by atoms with E-state index in [9.17, 15) is 4.79 Å². The van der Waals surface area contributed by atoms with Crippen LogP contribution in [0.1, 0.15) is 36.3 Å². The SMILES string of the molecule is CC(O)CNCCNC(=O)c1cc(Br)cn1C1CC1. The summed E-state index contributed by atoms with van der Waals surface area (Å²) in [4.78, 5) is 12.1. The lowest BCUT2D eigenvalue weighted by atomic mass is 10.3. The maximum Gasteiger partial charge on any atom is 0.268 e. The molecule has 1 aromatic heterocycles. The molecule has 6 heteroatoms. The topological polar surface area (TPSA) is 66.3 Å². The lowest BCUT2D eigenvalue weighted by molar-refractivity contribution is 0.0944. The van der Waals surface area contributed by atoms with Crippen molar-refractivity contribution < 1.29 is 9.90 Å². The zero-order valence-electron chi connectivity index (χ0n) is 11.0. The fourth-order valence-corrected chi connectivity index (χ4v) is 2.39. The van der Waals surface area contributed by atoms with Crippen molar-refractivity contribution in [3.63, 3.8) is 0 Å². The van der Waals surface area contributed by atoms with Gasteiger partial charge in [-0.05, 0) is 41.8 Å². The molecule has 1 atom stereocenters. The Morgan fingerprint density at radius 1 is 1.58 bits per heavy atom. The lowest BCUT2D eigenvalue weighted by Crippen LogP contribution is -2.35. The van der Waals surface area contributed by atoms with Gasteiger partial charge in [-0.2, -0.15) is 0 Å². The van der Waals surface area contributed by atoms with E-state index < -0.39 is 0 Å². The summed E-state index contributed by atoms with van der Waals surface area (Å²) in [6.07, 6.45) is 3.91. The van der Waals surface area contributed by atoms with Crippen molar-refractivity contribution in [2.45, 2.75) is 31.9 Å². The molecule has 0 saturated heterocycles. The van der Waals surface area contributed by atoms with Crippen LogP contribution in [0.15, 0.2) is 16.7 Å². The molecule has 106 valence electrons. The van der Waals surface area contributed by atoms with Crippen molar-refractivity contribution >= 4 is 21.8 Å². The van der Waals surface area contributed by atoms with E-state index in [1.165, 1.54) is 0 Å². The van der Waals surface area contributed by atoms with Crippen molar-refractivity contribution in [3.8, 4) is 0 Å². The fourth-order valence-electron chi connectivity index (χ4n) is 1.95. The van der Waals surface area contributed by atoms with Gasteiger partial charge < -0.3 is 20.3 Å². The number of hydrogen-bond donors (Lipinski definition) is 3. The molecule has 19 heavy (non-hydrogen) atoms. The highest BCUT2D eigenvalue weighted by Crippen LogP contribution is 2.37. The summed E-state index contributed by atoms with van der Waals surface area (Å²) >= 11 is 3.42. The van der Waals surface area contributed by atoms with Gasteiger partial charge in [-0.25, -0.2) is 0 Å². The Morgan fingerprint density at radius 2 is 2.32 bits per heavy atom. The molecular weight excluding hydrogens is 310 g/mol. The fraction of sp³-hybridized carbons (Fsp3) is 0.615. The van der Waals surface area contributed by atoms with Crippen LogP contribution in [0.25, 0.3) is 0 Å². The average molecular weight is 330 g/mol. The van der Waals surface area contributed by atoms with Crippen molar-refractivity contribution in [3.05, 3.63) is 22.4 Å². The molecule has 5 nitrogen and oxygen atoms in total. The second-order valence-corrected chi connectivity index (χ2v) is 5.91. The first-order valence-electron chi connectivity index (χ1n) is 6.62. The minimum atomic E-state index is -0.362. The van der Waals surface area contributed by atoms with Gasteiger partial charge in [0, 0.05) is 36.3 Å². The Hall–Kier alpha value is -0.850. The molecule has 1 heterocycles. The van der Waals surface area contributed by atoms with Crippen LogP contribution >= 0.6 is 15.9 Å². The van der Waals surface area contributed by atoms with Gasteiger partial charge in [0.15, 0.2) is 0 Å². The van der Waals surface area contributed by atoms with E-state index >= 15 is 0 Å². The molecule has 1 amide bonds. The van der Waals surface area contributed by atoms with Crippen LogP contribution < -0.4 is 10.6 Å². The van der Waals surface area contributed by atoms with E-state index in [1.807, 2.05) is 16.8 Å². The van der Waals surface area contributed by atoms with Crippen molar-refractivity contribution in [1.82, 2.24) is 15.2 Å². The van der Waals surface area contributed by atoms with Crippen LogP contribution in [0, 0.1) is 0 Å². The number of halogens is 1. The molecule has 0 radical (unpaired) electrons. The maximum atomic E-state index is 12.1. The van der Waals surface area contributed by atoms with Crippen LogP contribution in [-0.2, 0) is 0 Å². The minimum absolute atomic E-state index is 0.0450. The molecule has 0 bridgehead atoms. The van der Waals surface area contributed by atoms with Crippen LogP contribution in [0.5, 0.6) is 0 Å². The molecule has 1 fully saturated rings. The lowest BCUT2D eigenvalue weighted by Gasteiger charge is -2.10. The largest absolute Gasteiger partial charge is 0.392 e. The normalized spacial score (nSPS) is 16.4. The number of carbonyl (C=O) groups is 1. The highest BCUT2D eigenvalue weighted by atomic mass is 79.9. The number of nitrogens with one attached hydrogen (secondary N) is 2. The Bertz CT molecular complexity index is 441. The van der Waals surface area contributed by atoms with Crippen LogP contribution in [0.3, 0.4) is 0 Å². The zero-order chi connectivity index (χ0) is 13.8. The Balaban J connectivity index is 1.79. The predicted molar refractivity (Wildman–Crippen MR) is 77.3 cm³/mol. The van der Waals surface area contributed by atoms with E-state index in [2.05, 4.69) is 26.6 Å². The summed E-state index contributed by atoms with van der Waals surface area (Å²) < 4.78 is 2.99. The van der Waals surface area contributed by atoms with Gasteiger partial charge in [-0.1, -0.05) is 0 Å². The number of amides is 1. The number of aromatic nitrogens is 1. The molecule has 1 saturated carbocycles. The van der Waals surface area contributed by atoms with Gasteiger partial charge >= 0.3 is 0 Å². The third-order valence-electron chi connectivity index (χ3n) is 3.02. The van der Waals surface area contributed by atoms with Gasteiger partial charge in [0.25, 0.3) is 5.91 Å². The number of aliphatic hydroxyl groups is 1. The third-order valence-corrected chi connectivity index (χ3v) is 3.45. The quantitative estimate of drug-likeness (QED) is 0.660. The molecule has 3 N–H and O–H groups in total. The van der Waals surface area contributed by atoms with Gasteiger partial charge in [0.1, 0.15) is 5.69 Å². The summed E-state index contributed by atoms with van der Waals surface area (Å²) in [6, 6.07) is 2.34. The van der Waals surface area contributed by atoms with Crippen molar-refractivity contribution in [1.29, 1.82) is 0 Å². The second-order valence-electron chi connectivity index (χ2n) is 4.99. The maximum absolute atomic E-state index is 12.1. The number of carbonyl (C=O) groups excluding carboxylic acids is 1. The van der Waals surface area contributed by atoms with Gasteiger partial charge in [-0.15, -0.1) is 0 Å². The smallest absolute Gasteiger partial charge is 0.268 e. The highest BCUT2D eigenvalue weighted by molar-refractivity contribution is 9.10. The molecule has 1 aromatic rings. The zero-order valence-corrected chi connectivity index (χ0v) is 12.6. The molecule has 1 aliphatic rings. The Morgan fingerprint density at radius 3 is 2.95 bits per heavy atom. The Kier molecular flexibility index (Phi) is 5.01. The summed E-state index contributed by atoms with van der Waals surface area (Å²) in [6.45, 7) is 3.48. The van der Waals surface area contributed by atoms with Crippen molar-refractivity contribution in [2.75, 3.05) is 19.6 Å². The monoisotopic (exact) mass is 329 g/mol. The summed E-state index contributed by atoms with van der Waals surface area (Å²) in [5, 5.41) is 15.0. The summed E-state index contributed by atoms with van der Waals surface area (Å²) in [5.74, 6) is -0.0450. The molecule has 0 aromatic carbocycles. The molecule has 1 unspecified atom stereocenters. The van der Waals surface area contributed by atoms with E-state index in [-0.39, 0.29) is 12.0 Å². The number of nitrogens with zero attached hydrogens (tertiary/aromatic N) is 1. The average Bonchev–Trinajstić information content (AvgIpc) is 3.11. The molecule has 0 aliphatic heterocycles. The van der Waals surface area contributed by atoms with E-state index in [0.717, 1.165) is 17.3 Å². The van der Waals surface area contributed by atoms with Gasteiger partial charge in [0.2, 0.25) is 0 Å². The summed E-state index contributed by atoms with van der Waals surface area (Å²) in [5.41, 5.74) is 0.713. The first kappa shape index (κ1) is 14.6. The first-order valence-corrected chi connectivity index (χ1v) is 7.41. The number of aliphatic hydroxyl groups excluding tert-OH is 1. The van der Waals surface area contributed by atoms with Crippen LogP contribution in [0.2, 0.25) is 0 Å². The standard InChI is InChI=1S/C13H20BrN3O2/c1-9(18)7-15-4-5-16-13(19)12-6-10(14)8-17(12)11-2-3-11/h6,8-9,11,15,18H,2-5,7H2,1H3,(H,16,19). The highest BCUT2D eigenvalue weighted by Gasteiger charge is 2.27. The van der Waals surface area contributed by atoms with Crippen LogP contribution in [-0.4, -0.2) is 41.3 Å². The second kappa shape index (κ2) is 6.54. The molecular formula is C13H20BrN3O2. The van der Waals surface area contributed by atoms with Gasteiger partial charge in [-0.3, -0.25) is 4.79 Å². The minimum Gasteiger partial charge on any atom is -0.392 e. The summed E-state index contributed by atoms with van der Waals surface area (Å²) in [7, 11) is 0. The predicted octanol–water partition coefficient (Wildman–Crippen LogP) is 1.29. The third kappa shape index (κ3) is 4.33. The van der Waals surface area contributed by atoms with Crippen molar-refractivity contribution in [2.24, 2.45) is 0 Å². The number of hydrogen-bond acceptors (Lipinski definition) is 3. The molecule has 0 spiro atoms. The first-order chi connectivity index (χ1) is 9.08. The van der Waals surface area contributed by atoms with Crippen LogP contribution in [0.4, 0.5) is 0 Å². The van der Waals surface area contributed by atoms with E-state index in [1.54, 1.807) is 6.92 Å². The van der Waals surface area contributed by atoms with Gasteiger partial charge in [0.05, 0.1) is 6.10 Å². The Labute approximate surface area is 121 Å². The molecule has 2 rings (SSSR count). The van der Waals surface area contributed by atoms with E-state index in [4.69, 9.17) is 5.11 Å². The van der Waals surface area contributed by atoms with E-state index in [0.29, 0.717) is 31.4 Å². The molecule has 1 aliphatic carbocycles.